The molecule has 1 aromatic carbocycles. The number of ether oxygens (including phenoxy) is 1. The van der Waals surface area contributed by atoms with E-state index in [1.807, 2.05) is 0 Å². The number of thiophene rings is 1. The number of amides is 1. The van der Waals surface area contributed by atoms with Crippen molar-refractivity contribution in [3.8, 4) is 11.8 Å². The lowest BCUT2D eigenvalue weighted by atomic mass is 9.72. The second-order valence-corrected chi connectivity index (χ2v) is 10.8. The Morgan fingerprint density at radius 2 is 2.03 bits per heavy atom. The topological polar surface area (TPSA) is 74.2 Å². The van der Waals surface area contributed by atoms with Gasteiger partial charge in [0.1, 0.15) is 16.8 Å². The number of carbonyl (C=O) groups is 1. The van der Waals surface area contributed by atoms with Crippen LogP contribution in [0.25, 0.3) is 0 Å². The molecule has 1 aromatic heterocycles. The molecule has 1 amide bonds. The number of fused-ring (bicyclic) bond motifs is 1. The van der Waals surface area contributed by atoms with Crippen molar-refractivity contribution < 1.29 is 9.53 Å². The Kier molecular flexibility index (Phi) is 7.91. The Morgan fingerprint density at radius 3 is 2.66 bits per heavy atom. The molecule has 170 valence electrons. The number of benzene rings is 1. The fourth-order valence-electron chi connectivity index (χ4n) is 3.88. The minimum Gasteiger partial charge on any atom is -0.494 e. The highest BCUT2D eigenvalue weighted by molar-refractivity contribution is 7.80. The first-order valence-electron chi connectivity index (χ1n) is 11.1. The zero-order valence-electron chi connectivity index (χ0n) is 19.2. The van der Waals surface area contributed by atoms with E-state index in [-0.39, 0.29) is 16.4 Å². The minimum absolute atomic E-state index is 0.195. The molecule has 2 aromatic rings. The van der Waals surface area contributed by atoms with Crippen molar-refractivity contribution in [3.05, 3.63) is 45.8 Å². The van der Waals surface area contributed by atoms with Crippen molar-refractivity contribution in [1.29, 1.82) is 5.26 Å². The van der Waals surface area contributed by atoms with Gasteiger partial charge in [-0.1, -0.05) is 34.1 Å². The molecular formula is C25H31N3O2S2. The van der Waals surface area contributed by atoms with Crippen molar-refractivity contribution in [2.75, 3.05) is 11.9 Å². The molecule has 2 N–H and O–H groups in total. The van der Waals surface area contributed by atoms with E-state index in [1.54, 1.807) is 35.6 Å². The first-order chi connectivity index (χ1) is 15.2. The molecule has 0 aliphatic heterocycles. The Morgan fingerprint density at radius 1 is 1.31 bits per heavy atom. The summed E-state index contributed by atoms with van der Waals surface area (Å²) in [5.41, 5.74) is 2.52. The molecule has 32 heavy (non-hydrogen) atoms. The van der Waals surface area contributed by atoms with Gasteiger partial charge in [0.25, 0.3) is 5.91 Å². The van der Waals surface area contributed by atoms with E-state index in [0.717, 1.165) is 48.4 Å². The molecule has 1 aliphatic carbocycles. The summed E-state index contributed by atoms with van der Waals surface area (Å²) in [6.07, 6.45) is 5.04. The second-order valence-electron chi connectivity index (χ2n) is 9.26. The van der Waals surface area contributed by atoms with Crippen LogP contribution in [-0.4, -0.2) is 17.6 Å². The van der Waals surface area contributed by atoms with E-state index < -0.39 is 0 Å². The van der Waals surface area contributed by atoms with Gasteiger partial charge in [0.2, 0.25) is 0 Å². The number of carbonyl (C=O) groups excluding carboxylic acids is 1. The fraction of sp³-hybridized carbons (Fsp3) is 0.480. The van der Waals surface area contributed by atoms with Crippen molar-refractivity contribution in [2.45, 2.75) is 59.8 Å². The lowest BCUT2D eigenvalue weighted by Gasteiger charge is -2.33. The normalized spacial score (nSPS) is 15.4. The molecule has 3 rings (SSSR count). The smallest absolute Gasteiger partial charge is 0.257 e. The van der Waals surface area contributed by atoms with Crippen LogP contribution in [0.15, 0.2) is 24.3 Å². The molecular weight excluding hydrogens is 438 g/mol. The van der Waals surface area contributed by atoms with E-state index in [4.69, 9.17) is 17.0 Å². The number of rotatable bonds is 6. The summed E-state index contributed by atoms with van der Waals surface area (Å²) in [5.74, 6) is 1.04. The van der Waals surface area contributed by atoms with Crippen LogP contribution >= 0.6 is 23.6 Å². The Labute approximate surface area is 200 Å². The molecule has 0 unspecified atom stereocenters. The van der Waals surface area contributed by atoms with Gasteiger partial charge >= 0.3 is 0 Å². The third-order valence-corrected chi connectivity index (χ3v) is 7.31. The summed E-state index contributed by atoms with van der Waals surface area (Å²) in [7, 11) is 0. The van der Waals surface area contributed by atoms with Crippen LogP contribution < -0.4 is 15.4 Å². The average molecular weight is 470 g/mol. The quantitative estimate of drug-likeness (QED) is 0.396. The van der Waals surface area contributed by atoms with Crippen LogP contribution in [0.4, 0.5) is 5.00 Å². The molecule has 0 saturated carbocycles. The lowest BCUT2D eigenvalue weighted by Crippen LogP contribution is -2.34. The van der Waals surface area contributed by atoms with E-state index >= 15 is 0 Å². The maximum atomic E-state index is 12.6. The molecule has 1 aliphatic rings. The van der Waals surface area contributed by atoms with Crippen molar-refractivity contribution >= 4 is 39.6 Å². The lowest BCUT2D eigenvalue weighted by molar-refractivity contribution is 0.0977. The molecule has 7 heteroatoms. The van der Waals surface area contributed by atoms with Gasteiger partial charge in [0.15, 0.2) is 5.11 Å². The highest BCUT2D eigenvalue weighted by Crippen LogP contribution is 2.43. The van der Waals surface area contributed by atoms with Crippen molar-refractivity contribution in [3.63, 3.8) is 0 Å². The summed E-state index contributed by atoms with van der Waals surface area (Å²) >= 11 is 6.95. The van der Waals surface area contributed by atoms with Gasteiger partial charge < -0.3 is 10.1 Å². The summed E-state index contributed by atoms with van der Waals surface area (Å²) < 4.78 is 5.64. The van der Waals surface area contributed by atoms with Crippen molar-refractivity contribution in [1.82, 2.24) is 5.32 Å². The number of unbranched alkanes of at least 4 members (excludes halogenated alkanes) is 1. The number of hydrogen-bond donors (Lipinski definition) is 2. The van der Waals surface area contributed by atoms with Gasteiger partial charge in [-0.2, -0.15) is 5.26 Å². The Bertz CT molecular complexity index is 1010. The maximum absolute atomic E-state index is 12.6. The highest BCUT2D eigenvalue weighted by atomic mass is 32.1. The number of nitrogens with one attached hydrogen (secondary N) is 2. The molecule has 5 nitrogen and oxygen atoms in total. The first-order valence-corrected chi connectivity index (χ1v) is 12.3. The fourth-order valence-corrected chi connectivity index (χ4v) is 5.42. The SMILES string of the molecule is CCCCOc1ccc(C(=O)NC(=S)Nc2sc3c(c2C#N)CC[C@H](C(C)(C)C)C3)cc1. The monoisotopic (exact) mass is 469 g/mol. The zero-order valence-corrected chi connectivity index (χ0v) is 20.8. The van der Waals surface area contributed by atoms with E-state index in [2.05, 4.69) is 44.4 Å². The predicted molar refractivity (Wildman–Crippen MR) is 135 cm³/mol. The van der Waals surface area contributed by atoms with Gasteiger partial charge in [0, 0.05) is 10.4 Å². The van der Waals surface area contributed by atoms with Crippen LogP contribution in [0.3, 0.4) is 0 Å². The number of hydrogen-bond acceptors (Lipinski definition) is 5. The minimum atomic E-state index is -0.296. The predicted octanol–water partition coefficient (Wildman–Crippen LogP) is 6.08. The third-order valence-electron chi connectivity index (χ3n) is 5.94. The summed E-state index contributed by atoms with van der Waals surface area (Å²) in [5, 5.41) is 16.5. The molecule has 0 radical (unpaired) electrons. The van der Waals surface area contributed by atoms with Gasteiger partial charge in [-0.3, -0.25) is 10.1 Å². The Balaban J connectivity index is 1.63. The molecule has 1 atom stereocenters. The molecule has 0 saturated heterocycles. The number of anilines is 1. The summed E-state index contributed by atoms with van der Waals surface area (Å²) in [6, 6.07) is 9.34. The summed E-state index contributed by atoms with van der Waals surface area (Å²) in [6.45, 7) is 9.60. The van der Waals surface area contributed by atoms with Gasteiger partial charge in [0.05, 0.1) is 12.2 Å². The molecule has 0 fully saturated rings. The van der Waals surface area contributed by atoms with E-state index in [0.29, 0.717) is 23.7 Å². The maximum Gasteiger partial charge on any atom is 0.257 e. The van der Waals surface area contributed by atoms with Crippen LogP contribution in [0.5, 0.6) is 5.75 Å². The van der Waals surface area contributed by atoms with Crippen molar-refractivity contribution in [2.24, 2.45) is 11.3 Å². The van der Waals surface area contributed by atoms with Gasteiger partial charge in [-0.25, -0.2) is 0 Å². The molecule has 1 heterocycles. The van der Waals surface area contributed by atoms with Gasteiger partial charge in [-0.15, -0.1) is 11.3 Å². The van der Waals surface area contributed by atoms with E-state index in [1.165, 1.54) is 4.88 Å². The van der Waals surface area contributed by atoms with Crippen LogP contribution in [0, 0.1) is 22.7 Å². The van der Waals surface area contributed by atoms with Crippen LogP contribution in [0.2, 0.25) is 0 Å². The summed E-state index contributed by atoms with van der Waals surface area (Å²) in [4.78, 5) is 13.8. The number of nitriles is 1. The third kappa shape index (κ3) is 5.87. The number of thiocarbonyl (C=S) groups is 1. The standard InChI is InChI=1S/C25H31N3O2S2/c1-5-6-13-30-18-10-7-16(8-11-18)22(29)27-24(31)28-23-20(15-26)19-12-9-17(25(2,3)4)14-21(19)32-23/h7-8,10-11,17H,5-6,9,12-14H2,1-4H3,(H2,27,28,29,31)/t17-/m0/s1. The Hall–Kier alpha value is -2.43. The molecule has 0 spiro atoms. The number of nitrogens with zero attached hydrogens (tertiary/aromatic N) is 1. The van der Waals surface area contributed by atoms with Crippen LogP contribution in [0.1, 0.15) is 73.3 Å². The molecule has 0 bridgehead atoms. The highest BCUT2D eigenvalue weighted by Gasteiger charge is 2.32. The zero-order chi connectivity index (χ0) is 23.3. The van der Waals surface area contributed by atoms with Crippen LogP contribution in [-0.2, 0) is 12.8 Å². The van der Waals surface area contributed by atoms with Gasteiger partial charge in [-0.05, 0) is 79.1 Å². The van der Waals surface area contributed by atoms with E-state index in [9.17, 15) is 10.1 Å². The second kappa shape index (κ2) is 10.5. The largest absolute Gasteiger partial charge is 0.494 e. The first kappa shape index (κ1) is 24.2. The average Bonchev–Trinajstić information content (AvgIpc) is 3.09.